The van der Waals surface area contributed by atoms with Gasteiger partial charge in [0.25, 0.3) is 0 Å². The van der Waals surface area contributed by atoms with Gasteiger partial charge in [0.2, 0.25) is 5.78 Å². The van der Waals surface area contributed by atoms with Crippen LogP contribution in [0, 0.1) is 12.8 Å². The third-order valence-electron chi connectivity index (χ3n) is 4.14. The SMILES string of the molecule is [CH2-]COCC(C)Cc1ccc(Sc2ccc(C(=O)/C(C)=N/OC(C)=O)cc2)c(O)c1.[Mn]. The summed E-state index contributed by atoms with van der Waals surface area (Å²) < 4.78 is 5.33. The maximum absolute atomic E-state index is 12.3. The molecule has 167 valence electrons. The Bertz CT molecular complexity index is 915. The molecule has 1 unspecified atom stereocenters. The average molecular weight is 483 g/mol. The van der Waals surface area contributed by atoms with Crippen molar-refractivity contribution in [3.8, 4) is 5.75 Å². The summed E-state index contributed by atoms with van der Waals surface area (Å²) >= 11 is 1.40. The number of hydrogen-bond donors (Lipinski definition) is 1. The Morgan fingerprint density at radius 3 is 2.42 bits per heavy atom. The number of phenols is 1. The van der Waals surface area contributed by atoms with Gasteiger partial charge in [-0.3, -0.25) is 4.79 Å². The van der Waals surface area contributed by atoms with Crippen LogP contribution in [0.2, 0.25) is 0 Å². The van der Waals surface area contributed by atoms with E-state index in [1.165, 1.54) is 25.6 Å². The van der Waals surface area contributed by atoms with E-state index in [0.29, 0.717) is 24.7 Å². The summed E-state index contributed by atoms with van der Waals surface area (Å²) in [5.41, 5.74) is 1.57. The number of phenolic OH excluding ortho intramolecular Hbond substituents is 1. The second kappa shape index (κ2) is 13.3. The fourth-order valence-electron chi connectivity index (χ4n) is 2.71. The number of ether oxygens (including phenoxy) is 1. The fraction of sp³-hybridized carbons (Fsp3) is 0.304. The standard InChI is InChI=1S/C23H26NO5S.Mn/c1-5-28-14-15(2)12-18-6-11-22(21(26)13-18)30-20-9-7-19(8-10-20)23(27)16(3)24-29-17(4)25;/h6-11,13,15,26H,1,5,12,14H2,2-4H3;/q-1;/b24-16+;. The van der Waals surface area contributed by atoms with E-state index in [0.717, 1.165) is 21.8 Å². The van der Waals surface area contributed by atoms with Crippen LogP contribution in [0.4, 0.5) is 0 Å². The summed E-state index contributed by atoms with van der Waals surface area (Å²) in [7, 11) is 0. The average Bonchev–Trinajstić information content (AvgIpc) is 2.72. The maximum atomic E-state index is 12.3. The molecule has 0 amide bonds. The molecule has 0 aliphatic carbocycles. The van der Waals surface area contributed by atoms with Crippen LogP contribution in [0.15, 0.2) is 57.4 Å². The van der Waals surface area contributed by atoms with Crippen molar-refractivity contribution in [1.82, 2.24) is 0 Å². The fourth-order valence-corrected chi connectivity index (χ4v) is 3.53. The molecule has 2 aromatic carbocycles. The van der Waals surface area contributed by atoms with E-state index in [9.17, 15) is 14.7 Å². The largest absolute Gasteiger partial charge is 0.507 e. The van der Waals surface area contributed by atoms with Gasteiger partial charge < -0.3 is 21.6 Å². The molecule has 31 heavy (non-hydrogen) atoms. The monoisotopic (exact) mass is 483 g/mol. The van der Waals surface area contributed by atoms with Crippen molar-refractivity contribution in [2.75, 3.05) is 13.2 Å². The van der Waals surface area contributed by atoms with Crippen molar-refractivity contribution < 1.29 is 41.3 Å². The van der Waals surface area contributed by atoms with Gasteiger partial charge in [0.15, 0.2) is 0 Å². The zero-order valence-electron chi connectivity index (χ0n) is 17.8. The first-order valence-corrected chi connectivity index (χ1v) is 10.4. The van der Waals surface area contributed by atoms with Gasteiger partial charge in [-0.25, -0.2) is 4.79 Å². The van der Waals surface area contributed by atoms with Gasteiger partial charge >= 0.3 is 5.97 Å². The molecule has 1 radical (unpaired) electrons. The number of nitrogens with zero attached hydrogens (tertiary/aromatic N) is 1. The summed E-state index contributed by atoms with van der Waals surface area (Å²) in [6.07, 6.45) is 0.809. The number of hydrogen-bond acceptors (Lipinski definition) is 7. The van der Waals surface area contributed by atoms with Crippen LogP contribution in [0.1, 0.15) is 36.7 Å². The zero-order chi connectivity index (χ0) is 22.1. The van der Waals surface area contributed by atoms with Gasteiger partial charge in [-0.1, -0.05) is 36.5 Å². The normalized spacial score (nSPS) is 12.1. The van der Waals surface area contributed by atoms with Crippen LogP contribution in [-0.2, 0) is 37.9 Å². The van der Waals surface area contributed by atoms with Crippen LogP contribution >= 0.6 is 11.8 Å². The van der Waals surface area contributed by atoms with Crippen molar-refractivity contribution >= 4 is 29.2 Å². The van der Waals surface area contributed by atoms with Crippen LogP contribution in [0.3, 0.4) is 0 Å². The molecule has 0 heterocycles. The Balaban J connectivity index is 0.00000480. The minimum absolute atomic E-state index is 0. The van der Waals surface area contributed by atoms with E-state index < -0.39 is 5.97 Å². The Morgan fingerprint density at radius 1 is 1.16 bits per heavy atom. The van der Waals surface area contributed by atoms with Gasteiger partial charge in [0, 0.05) is 41.1 Å². The Hall–Kier alpha value is -2.12. The van der Waals surface area contributed by atoms with E-state index in [4.69, 9.17) is 4.74 Å². The minimum atomic E-state index is -0.583. The second-order valence-corrected chi connectivity index (χ2v) is 8.02. The number of oxime groups is 1. The van der Waals surface area contributed by atoms with Crippen molar-refractivity contribution in [3.63, 3.8) is 0 Å². The second-order valence-electron chi connectivity index (χ2n) is 6.90. The molecule has 0 spiro atoms. The maximum Gasteiger partial charge on any atom is 0.331 e. The minimum Gasteiger partial charge on any atom is -0.507 e. The van der Waals surface area contributed by atoms with Crippen molar-refractivity contribution in [2.45, 2.75) is 37.0 Å². The summed E-state index contributed by atoms with van der Waals surface area (Å²) in [6.45, 7) is 9.55. The quantitative estimate of drug-likeness (QED) is 0.132. The first-order chi connectivity index (χ1) is 14.3. The van der Waals surface area contributed by atoms with Crippen LogP contribution in [0.5, 0.6) is 5.75 Å². The van der Waals surface area contributed by atoms with Gasteiger partial charge in [-0.15, -0.1) is 0 Å². The van der Waals surface area contributed by atoms with Gasteiger partial charge in [0.05, 0.1) is 4.90 Å². The van der Waals surface area contributed by atoms with E-state index in [2.05, 4.69) is 23.8 Å². The molecule has 1 N–H and O–H groups in total. The Morgan fingerprint density at radius 2 is 1.84 bits per heavy atom. The molecule has 2 rings (SSSR count). The first kappa shape index (κ1) is 26.9. The van der Waals surface area contributed by atoms with E-state index in [-0.39, 0.29) is 34.3 Å². The summed E-state index contributed by atoms with van der Waals surface area (Å²) in [6, 6.07) is 12.6. The Labute approximate surface area is 197 Å². The Kier molecular flexibility index (Phi) is 11.6. The zero-order valence-corrected chi connectivity index (χ0v) is 19.8. The molecule has 0 aromatic heterocycles. The molecule has 0 saturated heterocycles. The third kappa shape index (κ3) is 8.87. The van der Waals surface area contributed by atoms with Crippen molar-refractivity contribution in [3.05, 3.63) is 60.5 Å². The molecule has 0 aliphatic heterocycles. The molecule has 0 saturated carbocycles. The van der Waals surface area contributed by atoms with Crippen LogP contribution in [-0.4, -0.2) is 35.8 Å². The van der Waals surface area contributed by atoms with Gasteiger partial charge in [0.1, 0.15) is 11.5 Å². The predicted octanol–water partition coefficient (Wildman–Crippen LogP) is 4.69. The van der Waals surface area contributed by atoms with Crippen LogP contribution in [0.25, 0.3) is 0 Å². The summed E-state index contributed by atoms with van der Waals surface area (Å²) in [5.74, 6) is -0.354. The molecule has 8 heteroatoms. The molecule has 2 aromatic rings. The number of ketones is 1. The number of carbonyl (C=O) groups is 2. The molecular weight excluding hydrogens is 457 g/mol. The first-order valence-electron chi connectivity index (χ1n) is 9.53. The third-order valence-corrected chi connectivity index (χ3v) is 5.21. The number of benzene rings is 2. The van der Waals surface area contributed by atoms with Crippen molar-refractivity contribution in [2.24, 2.45) is 11.1 Å². The van der Waals surface area contributed by atoms with Crippen molar-refractivity contribution in [1.29, 1.82) is 0 Å². The van der Waals surface area contributed by atoms with Gasteiger partial charge in [-0.2, -0.15) is 0 Å². The number of Topliss-reactive ketones (excluding diaryl/α,β-unsaturated/α-hetero) is 1. The summed E-state index contributed by atoms with van der Waals surface area (Å²) in [4.78, 5) is 29.2. The number of carbonyl (C=O) groups excluding carboxylic acids is 2. The topological polar surface area (TPSA) is 85.2 Å². The molecule has 0 aliphatic rings. The van der Waals surface area contributed by atoms with Crippen LogP contribution < -0.4 is 0 Å². The van der Waals surface area contributed by atoms with Gasteiger partial charge in [-0.05, 0) is 61.2 Å². The van der Waals surface area contributed by atoms with E-state index >= 15 is 0 Å². The predicted molar refractivity (Wildman–Crippen MR) is 117 cm³/mol. The molecular formula is C23H26MnNO5S-. The molecule has 6 nitrogen and oxygen atoms in total. The smallest absolute Gasteiger partial charge is 0.331 e. The number of rotatable bonds is 10. The molecule has 0 fully saturated rings. The summed E-state index contributed by atoms with van der Waals surface area (Å²) in [5, 5.41) is 13.9. The molecule has 1 atom stereocenters. The number of aromatic hydroxyl groups is 1. The van der Waals surface area contributed by atoms with E-state index in [1.807, 2.05) is 12.1 Å². The van der Waals surface area contributed by atoms with E-state index in [1.54, 1.807) is 30.3 Å². The molecule has 0 bridgehead atoms.